The monoisotopic (exact) mass is 335 g/mol. The fraction of sp³-hybridized carbons (Fsp3) is 0.105. The molecule has 0 amide bonds. The van der Waals surface area contributed by atoms with Gasteiger partial charge in [-0.1, -0.05) is 64.5 Å². The number of nitrogens with zero attached hydrogens (tertiary/aromatic N) is 1. The maximum Gasteiger partial charge on any atom is 0.0790 e. The predicted molar refractivity (Wildman–Crippen MR) is 94.1 cm³/mol. The van der Waals surface area contributed by atoms with Crippen LogP contribution in [0.2, 0.25) is 0 Å². The molecule has 0 saturated heterocycles. The average molecular weight is 336 g/mol. The molecule has 0 saturated carbocycles. The van der Waals surface area contributed by atoms with Crippen molar-refractivity contribution in [2.75, 3.05) is 0 Å². The Labute approximate surface area is 131 Å². The third kappa shape index (κ3) is 1.94. The third-order valence-corrected chi connectivity index (χ3v) is 4.80. The second-order valence-electron chi connectivity index (χ2n) is 5.40. The Morgan fingerprint density at radius 3 is 2.57 bits per heavy atom. The van der Waals surface area contributed by atoms with Crippen LogP contribution >= 0.6 is 15.9 Å². The molecule has 1 aromatic heterocycles. The predicted octanol–water partition coefficient (Wildman–Crippen LogP) is 5.74. The molecule has 0 aliphatic heterocycles. The molecule has 3 aromatic carbocycles. The zero-order valence-electron chi connectivity index (χ0n) is 11.7. The molecular formula is C19H14BrN. The lowest BCUT2D eigenvalue weighted by atomic mass is 9.99. The van der Waals surface area contributed by atoms with E-state index in [9.17, 15) is 0 Å². The second-order valence-corrected chi connectivity index (χ2v) is 5.97. The summed E-state index contributed by atoms with van der Waals surface area (Å²) in [5.41, 5.74) is 4.74. The van der Waals surface area contributed by atoms with Gasteiger partial charge in [0.15, 0.2) is 0 Å². The Kier molecular flexibility index (Phi) is 2.93. The van der Waals surface area contributed by atoms with Crippen LogP contribution in [-0.2, 0) is 5.33 Å². The molecule has 0 aliphatic rings. The number of benzene rings is 3. The molecule has 21 heavy (non-hydrogen) atoms. The molecule has 4 rings (SSSR count). The van der Waals surface area contributed by atoms with Crippen molar-refractivity contribution in [3.63, 3.8) is 0 Å². The fourth-order valence-electron chi connectivity index (χ4n) is 3.01. The van der Waals surface area contributed by atoms with Gasteiger partial charge in [0, 0.05) is 21.5 Å². The van der Waals surface area contributed by atoms with Crippen molar-refractivity contribution in [1.29, 1.82) is 0 Å². The Morgan fingerprint density at radius 2 is 1.71 bits per heavy atom. The van der Waals surface area contributed by atoms with Gasteiger partial charge in [-0.15, -0.1) is 0 Å². The van der Waals surface area contributed by atoms with E-state index in [4.69, 9.17) is 4.98 Å². The number of fused-ring (bicyclic) bond motifs is 4. The van der Waals surface area contributed by atoms with Crippen LogP contribution in [0.15, 0.2) is 54.6 Å². The zero-order valence-corrected chi connectivity index (χ0v) is 13.3. The van der Waals surface area contributed by atoms with Gasteiger partial charge >= 0.3 is 0 Å². The van der Waals surface area contributed by atoms with E-state index >= 15 is 0 Å². The van der Waals surface area contributed by atoms with E-state index in [0.29, 0.717) is 0 Å². The first-order valence-corrected chi connectivity index (χ1v) is 8.17. The molecule has 0 fully saturated rings. The van der Waals surface area contributed by atoms with E-state index in [1.165, 1.54) is 32.7 Å². The molecule has 0 bridgehead atoms. The highest BCUT2D eigenvalue weighted by Gasteiger charge is 2.08. The third-order valence-electron chi connectivity index (χ3n) is 4.16. The minimum atomic E-state index is 0.858. The molecule has 0 spiro atoms. The van der Waals surface area contributed by atoms with Crippen molar-refractivity contribution in [3.05, 3.63) is 65.7 Å². The van der Waals surface area contributed by atoms with E-state index in [1.54, 1.807) is 0 Å². The van der Waals surface area contributed by atoms with Crippen molar-refractivity contribution in [2.45, 2.75) is 12.3 Å². The lowest BCUT2D eigenvalue weighted by molar-refractivity contribution is 1.41. The van der Waals surface area contributed by atoms with E-state index in [2.05, 4.69) is 77.5 Å². The van der Waals surface area contributed by atoms with Crippen molar-refractivity contribution in [2.24, 2.45) is 0 Å². The first-order valence-electron chi connectivity index (χ1n) is 7.04. The Balaban J connectivity index is 2.22. The summed E-state index contributed by atoms with van der Waals surface area (Å²) in [6, 6.07) is 19.4. The van der Waals surface area contributed by atoms with Crippen molar-refractivity contribution in [3.8, 4) is 0 Å². The molecule has 0 unspecified atom stereocenters. The number of halogens is 1. The normalized spacial score (nSPS) is 11.5. The Hall–Kier alpha value is -1.93. The van der Waals surface area contributed by atoms with Gasteiger partial charge in [-0.3, -0.25) is 0 Å². The van der Waals surface area contributed by atoms with E-state index in [1.807, 2.05) is 0 Å². The van der Waals surface area contributed by atoms with Gasteiger partial charge in [0.1, 0.15) is 0 Å². The van der Waals surface area contributed by atoms with Crippen molar-refractivity contribution >= 4 is 48.5 Å². The lowest BCUT2D eigenvalue weighted by Gasteiger charge is -2.10. The van der Waals surface area contributed by atoms with Crippen LogP contribution in [-0.4, -0.2) is 4.98 Å². The molecule has 0 atom stereocenters. The summed E-state index contributed by atoms with van der Waals surface area (Å²) in [4.78, 5) is 4.95. The maximum absolute atomic E-state index is 4.95. The van der Waals surface area contributed by atoms with E-state index < -0.39 is 0 Å². The summed E-state index contributed by atoms with van der Waals surface area (Å²) >= 11 is 3.52. The summed E-state index contributed by atoms with van der Waals surface area (Å²) in [5, 5.41) is 5.81. The van der Waals surface area contributed by atoms with E-state index in [0.717, 1.165) is 16.4 Å². The van der Waals surface area contributed by atoms with Gasteiger partial charge in [-0.05, 0) is 29.5 Å². The van der Waals surface area contributed by atoms with Gasteiger partial charge in [0.2, 0.25) is 0 Å². The number of aromatic nitrogens is 1. The number of pyridine rings is 1. The fourth-order valence-corrected chi connectivity index (χ4v) is 3.36. The van der Waals surface area contributed by atoms with Gasteiger partial charge in [-0.25, -0.2) is 4.98 Å². The molecule has 102 valence electrons. The number of alkyl halides is 1. The lowest BCUT2D eigenvalue weighted by Crippen LogP contribution is -1.90. The molecule has 1 heterocycles. The van der Waals surface area contributed by atoms with E-state index in [-0.39, 0.29) is 0 Å². The molecular weight excluding hydrogens is 322 g/mol. The van der Waals surface area contributed by atoms with Gasteiger partial charge in [0.05, 0.1) is 11.0 Å². The summed E-state index contributed by atoms with van der Waals surface area (Å²) in [6.45, 7) is 2.19. The second kappa shape index (κ2) is 4.81. The number of hydrogen-bond acceptors (Lipinski definition) is 1. The summed E-state index contributed by atoms with van der Waals surface area (Å²) in [6.07, 6.45) is 0. The minimum Gasteiger partial charge on any atom is -0.247 e. The smallest absolute Gasteiger partial charge is 0.0790 e. The highest BCUT2D eigenvalue weighted by atomic mass is 79.9. The SMILES string of the molecule is Cc1c2ccc(CBr)cc2nc2c1ccc1ccccc12. The molecule has 1 nitrogen and oxygen atoms in total. The molecule has 0 N–H and O–H groups in total. The number of aryl methyl sites for hydroxylation is 1. The molecule has 4 aromatic rings. The topological polar surface area (TPSA) is 12.9 Å². The quantitative estimate of drug-likeness (QED) is 0.245. The Morgan fingerprint density at radius 1 is 0.905 bits per heavy atom. The van der Waals surface area contributed by atoms with Crippen LogP contribution in [0, 0.1) is 6.92 Å². The Bertz CT molecular complexity index is 989. The molecule has 0 radical (unpaired) electrons. The van der Waals surface area contributed by atoms with Crippen LogP contribution in [0.4, 0.5) is 0 Å². The standard InChI is InChI=1S/C19H14BrN/c1-12-15-8-6-13(11-20)10-18(15)21-19-16(12)9-7-14-4-2-3-5-17(14)19/h2-10H,11H2,1H3. The first-order chi connectivity index (χ1) is 10.3. The highest BCUT2D eigenvalue weighted by Crippen LogP contribution is 2.31. The zero-order chi connectivity index (χ0) is 14.4. The number of hydrogen-bond donors (Lipinski definition) is 0. The summed E-state index contributed by atoms with van der Waals surface area (Å²) in [7, 11) is 0. The van der Waals surface area contributed by atoms with Crippen LogP contribution < -0.4 is 0 Å². The van der Waals surface area contributed by atoms with Gasteiger partial charge in [-0.2, -0.15) is 0 Å². The van der Waals surface area contributed by atoms with Gasteiger partial charge < -0.3 is 0 Å². The highest BCUT2D eigenvalue weighted by molar-refractivity contribution is 9.08. The van der Waals surface area contributed by atoms with Crippen LogP contribution in [0.3, 0.4) is 0 Å². The van der Waals surface area contributed by atoms with Crippen molar-refractivity contribution in [1.82, 2.24) is 4.98 Å². The average Bonchev–Trinajstić information content (AvgIpc) is 2.54. The van der Waals surface area contributed by atoms with Crippen LogP contribution in [0.1, 0.15) is 11.1 Å². The summed E-state index contributed by atoms with van der Waals surface area (Å²) < 4.78 is 0. The first kappa shape index (κ1) is 12.8. The maximum atomic E-state index is 4.95. The van der Waals surface area contributed by atoms with Gasteiger partial charge in [0.25, 0.3) is 0 Å². The molecule has 2 heteroatoms. The number of rotatable bonds is 1. The van der Waals surface area contributed by atoms with Crippen molar-refractivity contribution < 1.29 is 0 Å². The molecule has 0 aliphatic carbocycles. The largest absolute Gasteiger partial charge is 0.247 e. The van der Waals surface area contributed by atoms with Crippen LogP contribution in [0.5, 0.6) is 0 Å². The van der Waals surface area contributed by atoms with Crippen LogP contribution in [0.25, 0.3) is 32.6 Å². The summed E-state index contributed by atoms with van der Waals surface area (Å²) in [5.74, 6) is 0. The minimum absolute atomic E-state index is 0.858.